The Morgan fingerprint density at radius 1 is 0.656 bits per heavy atom. The number of ketones is 2. The zero-order chi connectivity index (χ0) is 21.8. The van der Waals surface area contributed by atoms with E-state index in [1.807, 2.05) is 6.07 Å². The summed E-state index contributed by atoms with van der Waals surface area (Å²) in [6.45, 7) is 0. The average molecular weight is 481 g/mol. The third-order valence-electron chi connectivity index (χ3n) is 5.99. The Morgan fingerprint density at radius 2 is 1.16 bits per heavy atom. The van der Waals surface area contributed by atoms with E-state index in [9.17, 15) is 9.59 Å². The van der Waals surface area contributed by atoms with Gasteiger partial charge in [0, 0.05) is 0 Å². The summed E-state index contributed by atoms with van der Waals surface area (Å²) in [7, 11) is 2.09. The standard InChI is InChI=1S/C27H18N2O2Se/c1-28-21-10-4-6-12-23(21)29(24-13-7-5-11-22(24)28)25-15-14-17(32-25)16-20-26(30)18-8-2-3-9-19(18)27(20)31/h2-16H,1H3. The maximum atomic E-state index is 12.8. The molecule has 0 fully saturated rings. The molecule has 4 aromatic rings. The van der Waals surface area contributed by atoms with Gasteiger partial charge in [0.05, 0.1) is 0 Å². The van der Waals surface area contributed by atoms with Gasteiger partial charge in [0.25, 0.3) is 0 Å². The van der Waals surface area contributed by atoms with Crippen LogP contribution in [0, 0.1) is 0 Å². The van der Waals surface area contributed by atoms with E-state index < -0.39 is 0 Å². The number of Topliss-reactive ketones (excluding diaryl/α,β-unsaturated/α-hetero) is 2. The molecule has 1 aliphatic carbocycles. The van der Waals surface area contributed by atoms with Crippen molar-refractivity contribution in [3.05, 3.63) is 106 Å². The fraction of sp³-hybridized carbons (Fsp3) is 0.0370. The summed E-state index contributed by atoms with van der Waals surface area (Å²) < 4.78 is 2.19. The first-order valence-corrected chi connectivity index (χ1v) is 12.1. The van der Waals surface area contributed by atoms with Gasteiger partial charge in [-0.25, -0.2) is 0 Å². The number of benzene rings is 3. The van der Waals surface area contributed by atoms with Gasteiger partial charge in [-0.1, -0.05) is 0 Å². The van der Waals surface area contributed by atoms with Gasteiger partial charge in [0.1, 0.15) is 0 Å². The molecule has 32 heavy (non-hydrogen) atoms. The third kappa shape index (κ3) is 2.76. The van der Waals surface area contributed by atoms with Crippen LogP contribution in [0.5, 0.6) is 0 Å². The predicted molar refractivity (Wildman–Crippen MR) is 129 cm³/mol. The van der Waals surface area contributed by atoms with Gasteiger partial charge in [-0.2, -0.15) is 0 Å². The van der Waals surface area contributed by atoms with Crippen molar-refractivity contribution in [1.29, 1.82) is 0 Å². The fourth-order valence-electron chi connectivity index (χ4n) is 4.46. The van der Waals surface area contributed by atoms with Gasteiger partial charge in [0.2, 0.25) is 0 Å². The minimum atomic E-state index is -0.175. The van der Waals surface area contributed by atoms with Crippen LogP contribution in [0.25, 0.3) is 6.08 Å². The summed E-state index contributed by atoms with van der Waals surface area (Å²) in [6.07, 6.45) is 1.79. The minimum absolute atomic E-state index is 0.0432. The normalized spacial score (nSPS) is 14.3. The van der Waals surface area contributed by atoms with Gasteiger partial charge in [-0.15, -0.1) is 0 Å². The Labute approximate surface area is 191 Å². The van der Waals surface area contributed by atoms with Crippen LogP contribution in [-0.4, -0.2) is 33.1 Å². The van der Waals surface area contributed by atoms with Crippen molar-refractivity contribution in [3.8, 4) is 0 Å². The first-order chi connectivity index (χ1) is 15.6. The van der Waals surface area contributed by atoms with Crippen LogP contribution in [0.2, 0.25) is 0 Å². The Bertz CT molecular complexity index is 1360. The molecule has 1 aromatic heterocycles. The van der Waals surface area contributed by atoms with E-state index in [-0.39, 0.29) is 31.6 Å². The number of carbonyl (C=O) groups excluding carboxylic acids is 2. The van der Waals surface area contributed by atoms with Crippen LogP contribution in [0.15, 0.2) is 90.5 Å². The molecule has 0 bridgehead atoms. The number of hydrogen-bond donors (Lipinski definition) is 0. The number of nitrogens with zero attached hydrogens (tertiary/aromatic N) is 2. The second-order valence-electron chi connectivity index (χ2n) is 7.81. The van der Waals surface area contributed by atoms with Crippen LogP contribution in [0.1, 0.15) is 25.2 Å². The number of allylic oxidation sites excluding steroid dienone is 1. The van der Waals surface area contributed by atoms with Crippen molar-refractivity contribution >= 4 is 59.5 Å². The van der Waals surface area contributed by atoms with Crippen LogP contribution in [0.3, 0.4) is 0 Å². The first kappa shape index (κ1) is 19.1. The zero-order valence-corrected chi connectivity index (χ0v) is 19.0. The SMILES string of the molecule is CN1c2ccccc2N(c2ccc(C=C3C(=O)c4ccccc4C3=O)[se]2)c2ccccc21. The maximum absolute atomic E-state index is 12.8. The number of rotatable bonds is 2. The van der Waals surface area contributed by atoms with Crippen molar-refractivity contribution in [2.45, 2.75) is 0 Å². The van der Waals surface area contributed by atoms with E-state index in [0.29, 0.717) is 11.1 Å². The number of hydrogen-bond acceptors (Lipinski definition) is 4. The van der Waals surface area contributed by atoms with Gasteiger partial charge >= 0.3 is 192 Å². The summed E-state index contributed by atoms with van der Waals surface area (Å²) in [5.74, 6) is -0.350. The molecule has 0 unspecified atom stereocenters. The summed E-state index contributed by atoms with van der Waals surface area (Å²) in [6, 6.07) is 28.0. The molecule has 0 atom stereocenters. The van der Waals surface area contributed by atoms with Crippen molar-refractivity contribution in [1.82, 2.24) is 0 Å². The van der Waals surface area contributed by atoms with Crippen LogP contribution < -0.4 is 9.80 Å². The van der Waals surface area contributed by atoms with E-state index in [1.165, 1.54) is 4.56 Å². The van der Waals surface area contributed by atoms with Crippen LogP contribution in [-0.2, 0) is 0 Å². The fourth-order valence-corrected chi connectivity index (χ4v) is 6.51. The molecule has 0 saturated heterocycles. The van der Waals surface area contributed by atoms with Crippen LogP contribution >= 0.6 is 0 Å². The second kappa shape index (κ2) is 7.20. The molecule has 0 saturated carbocycles. The van der Waals surface area contributed by atoms with E-state index in [0.717, 1.165) is 27.2 Å². The molecular formula is C27H18N2O2Se. The number of anilines is 5. The van der Waals surface area contributed by atoms with Gasteiger partial charge in [0.15, 0.2) is 0 Å². The molecule has 4 nitrogen and oxygen atoms in total. The Balaban J connectivity index is 1.44. The van der Waals surface area contributed by atoms with Crippen molar-refractivity contribution < 1.29 is 9.59 Å². The molecule has 2 heterocycles. The summed E-state index contributed by atoms with van der Waals surface area (Å²) in [4.78, 5) is 30.1. The molecule has 0 N–H and O–H groups in total. The molecule has 3 aromatic carbocycles. The Morgan fingerprint density at radius 3 is 1.72 bits per heavy atom. The summed E-state index contributed by atoms with van der Waals surface area (Å²) >= 11 is -0.0432. The van der Waals surface area contributed by atoms with Gasteiger partial charge in [-0.05, 0) is 0 Å². The molecule has 6 rings (SSSR count). The van der Waals surface area contributed by atoms with Crippen molar-refractivity contribution in [2.75, 3.05) is 16.8 Å². The monoisotopic (exact) mass is 482 g/mol. The Kier molecular flexibility index (Phi) is 4.29. The van der Waals surface area contributed by atoms with Crippen LogP contribution in [0.4, 0.5) is 27.3 Å². The van der Waals surface area contributed by atoms with E-state index >= 15 is 0 Å². The van der Waals surface area contributed by atoms with Gasteiger partial charge < -0.3 is 0 Å². The third-order valence-corrected chi connectivity index (χ3v) is 8.13. The molecule has 2 aliphatic rings. The topological polar surface area (TPSA) is 40.6 Å². The number of carbonyl (C=O) groups is 2. The first-order valence-electron chi connectivity index (χ1n) is 10.4. The quantitative estimate of drug-likeness (QED) is 0.208. The Hall–Kier alpha value is -3.66. The molecule has 0 radical (unpaired) electrons. The molecule has 5 heteroatoms. The average Bonchev–Trinajstić information content (AvgIpc) is 3.39. The summed E-state index contributed by atoms with van der Waals surface area (Å²) in [5, 5.41) is 0. The molecular weight excluding hydrogens is 463 g/mol. The van der Waals surface area contributed by atoms with Crippen molar-refractivity contribution in [2.24, 2.45) is 0 Å². The van der Waals surface area contributed by atoms with E-state index in [1.54, 1.807) is 30.3 Å². The number of fused-ring (bicyclic) bond motifs is 3. The molecule has 0 amide bonds. The van der Waals surface area contributed by atoms with E-state index in [4.69, 9.17) is 0 Å². The van der Waals surface area contributed by atoms with Crippen molar-refractivity contribution in [3.63, 3.8) is 0 Å². The summed E-state index contributed by atoms with van der Waals surface area (Å²) in [5.41, 5.74) is 5.83. The molecule has 1 aliphatic heterocycles. The predicted octanol–water partition coefficient (Wildman–Crippen LogP) is 5.76. The van der Waals surface area contributed by atoms with E-state index in [2.05, 4.69) is 71.4 Å². The second-order valence-corrected chi connectivity index (χ2v) is 10.1. The molecule has 0 spiro atoms. The van der Waals surface area contributed by atoms with Gasteiger partial charge in [-0.3, -0.25) is 0 Å². The molecule has 154 valence electrons. The zero-order valence-electron chi connectivity index (χ0n) is 17.3. The number of para-hydroxylation sites is 4.